The Morgan fingerprint density at radius 2 is 1.57 bits per heavy atom. The van der Waals surface area contributed by atoms with Crippen LogP contribution in [0.2, 0.25) is 0 Å². The van der Waals surface area contributed by atoms with Crippen LogP contribution in [0.15, 0.2) is 79.0 Å². The van der Waals surface area contributed by atoms with Crippen LogP contribution < -0.4 is 36.7 Å². The van der Waals surface area contributed by atoms with Gasteiger partial charge >= 0.3 is 28.2 Å². The number of carbonyl (C=O) groups is 6. The minimum atomic E-state index is -4.63. The molecular formula is C52H69F3N10O14S. The van der Waals surface area contributed by atoms with E-state index in [1.54, 1.807) is 61.0 Å². The van der Waals surface area contributed by atoms with Crippen LogP contribution in [0, 0.1) is 25.2 Å². The Morgan fingerprint density at radius 1 is 0.912 bits per heavy atom. The molecule has 2 aromatic heterocycles. The summed E-state index contributed by atoms with van der Waals surface area (Å²) in [7, 11) is -4.33. The summed E-state index contributed by atoms with van der Waals surface area (Å²) in [5.74, 6) is -3.86. The number of Topliss-reactive ketones (excluding diaryl/α,β-unsaturated/α-hetero) is 1. The molecular weight excluding hydrogens is 1080 g/mol. The van der Waals surface area contributed by atoms with E-state index in [4.69, 9.17) is 25.1 Å². The first-order valence-electron chi connectivity index (χ1n) is 25.4. The molecule has 1 fully saturated rings. The maximum atomic E-state index is 13.9. The Hall–Kier alpha value is -6.92. The number of alkyl halides is 3. The van der Waals surface area contributed by atoms with E-state index < -0.39 is 82.6 Å². The number of anilines is 2. The van der Waals surface area contributed by atoms with Crippen molar-refractivity contribution in [3.05, 3.63) is 97.6 Å². The van der Waals surface area contributed by atoms with Crippen molar-refractivity contribution >= 4 is 62.9 Å². The second-order valence-corrected chi connectivity index (χ2v) is 20.5. The molecule has 0 bridgehead atoms. The third kappa shape index (κ3) is 18.9. The fraction of sp³-hybridized carbons (Fsp3) is 0.481. The van der Waals surface area contributed by atoms with Gasteiger partial charge in [-0.2, -0.15) is 21.6 Å². The van der Waals surface area contributed by atoms with E-state index in [0.29, 0.717) is 23.3 Å². The Labute approximate surface area is 460 Å². The van der Waals surface area contributed by atoms with Gasteiger partial charge in [0.2, 0.25) is 17.6 Å². The number of urea groups is 1. The highest BCUT2D eigenvalue weighted by Gasteiger charge is 2.43. The highest BCUT2D eigenvalue weighted by molar-refractivity contribution is 7.84. The lowest BCUT2D eigenvalue weighted by Crippen LogP contribution is -2.45. The third-order valence-corrected chi connectivity index (χ3v) is 13.5. The van der Waals surface area contributed by atoms with Crippen molar-refractivity contribution in [1.82, 2.24) is 25.1 Å². The van der Waals surface area contributed by atoms with Crippen LogP contribution in [-0.2, 0) is 65.4 Å². The van der Waals surface area contributed by atoms with Crippen LogP contribution >= 0.6 is 0 Å². The summed E-state index contributed by atoms with van der Waals surface area (Å²) in [6.07, 6.45) is -3.11. The molecule has 438 valence electrons. The van der Waals surface area contributed by atoms with Crippen LogP contribution in [0.25, 0.3) is 16.9 Å². The molecule has 0 spiro atoms. The number of hydrogen-bond donors (Lipinski definition) is 8. The predicted molar refractivity (Wildman–Crippen MR) is 283 cm³/mol. The van der Waals surface area contributed by atoms with E-state index in [-0.39, 0.29) is 133 Å². The highest BCUT2D eigenvalue weighted by Crippen LogP contribution is 2.33. The van der Waals surface area contributed by atoms with E-state index in [0.717, 1.165) is 17.0 Å². The van der Waals surface area contributed by atoms with E-state index in [9.17, 15) is 60.6 Å². The van der Waals surface area contributed by atoms with Gasteiger partial charge in [0.15, 0.2) is 5.78 Å². The quantitative estimate of drug-likeness (QED) is 0.0155. The monoisotopic (exact) mass is 1150 g/mol. The molecule has 6 amide bonds. The van der Waals surface area contributed by atoms with Gasteiger partial charge in [-0.05, 0) is 55.0 Å². The second-order valence-electron chi connectivity index (χ2n) is 19.2. The predicted octanol–water partition coefficient (Wildman–Crippen LogP) is 2.02. The van der Waals surface area contributed by atoms with Crippen molar-refractivity contribution in [3.8, 4) is 11.3 Å². The molecule has 80 heavy (non-hydrogen) atoms. The molecule has 2 aliphatic rings. The number of hydrogen-bond acceptors (Lipinski definition) is 16. The molecule has 10 N–H and O–H groups in total. The summed E-state index contributed by atoms with van der Waals surface area (Å²) in [5.41, 5.74) is 6.17. The summed E-state index contributed by atoms with van der Waals surface area (Å²) >= 11 is 0. The zero-order valence-electron chi connectivity index (χ0n) is 44.4. The third-order valence-electron chi connectivity index (χ3n) is 13.0. The van der Waals surface area contributed by atoms with E-state index >= 15 is 0 Å². The SMILES string of the molecule is CC(C)[C@H](NC(=O)CCOCCOCCOCCN1C(=O)C=CC1=O)C(=O)C[C@@H](CCCNC(N)=O)C(=O)Nc1ccc(C[n+]2ccc(N[C@@H]3C[C@H](COS(N)(=O)=O)[C@@H](O)[C@H]3O)n3nc(-c4cccc(C(F)(F)F)c4)cc32)cc1.[CH3-]. The second kappa shape index (κ2) is 29.5. The Bertz CT molecular complexity index is 2910. The standard InChI is InChI=1S/C51H65F3N10O14S.CH3/c1-31(2)46(60-42(66)15-19-75-21-23-77-24-22-76-20-18-63-44(67)12-13-45(63)68)40(65)27-34(6-4-16-57-50(55)72)49(71)58-37-10-8-32(9-11-37)29-62-17-14-41(59-39-26-35(47(69)48(39)70)30-78-79(56,73)74)64-43(62)28-38(61-64)33-5-3-7-36(25-33)51(52,53)54;/h3,5,7-14,17,25,28,31,34-35,39,46-48,69-70H,4,6,15-16,18-24,26-27,29-30H2,1-2H3,(H7,55,56,57,58,60,66,71,72,73,74);1H3/q;-1/p+1/t34-,35-,39-,46+,47-,48+;/m1./s1. The fourth-order valence-corrected chi connectivity index (χ4v) is 9.24. The number of aliphatic hydroxyl groups is 2. The Kier molecular flexibility index (Phi) is 23.6. The van der Waals surface area contributed by atoms with Crippen LogP contribution in [0.3, 0.4) is 0 Å². The van der Waals surface area contributed by atoms with Crippen LogP contribution in [-0.4, -0.2) is 152 Å². The number of nitrogens with zero attached hydrogens (tertiary/aromatic N) is 4. The molecule has 1 aliphatic carbocycles. The van der Waals surface area contributed by atoms with Crippen LogP contribution in [0.5, 0.6) is 0 Å². The number of carbonyl (C=O) groups excluding carboxylic acids is 6. The molecule has 6 atom stereocenters. The van der Waals surface area contributed by atoms with Crippen molar-refractivity contribution in [2.45, 2.75) is 83.0 Å². The number of ketones is 1. The molecule has 24 nitrogen and oxygen atoms in total. The minimum Gasteiger partial charge on any atom is -0.390 e. The van der Waals surface area contributed by atoms with Gasteiger partial charge < -0.3 is 58.9 Å². The van der Waals surface area contributed by atoms with Gasteiger partial charge in [-0.3, -0.25) is 33.1 Å². The molecule has 3 heterocycles. The summed E-state index contributed by atoms with van der Waals surface area (Å²) in [4.78, 5) is 76.3. The number of halogens is 3. The molecule has 4 aromatic rings. The van der Waals surface area contributed by atoms with Gasteiger partial charge in [0, 0.05) is 60.7 Å². The van der Waals surface area contributed by atoms with E-state index in [1.165, 1.54) is 28.8 Å². The number of primary amides is 1. The molecule has 0 unspecified atom stereocenters. The number of rotatable bonds is 31. The normalized spacial score (nSPS) is 18.1. The largest absolute Gasteiger partial charge is 0.416 e. The molecule has 0 saturated heterocycles. The zero-order chi connectivity index (χ0) is 57.4. The van der Waals surface area contributed by atoms with E-state index in [2.05, 4.69) is 30.5 Å². The number of imide groups is 1. The van der Waals surface area contributed by atoms with Crippen LogP contribution in [0.4, 0.5) is 29.5 Å². The summed E-state index contributed by atoms with van der Waals surface area (Å²) < 4.78 is 88.4. The van der Waals surface area contributed by atoms with Gasteiger partial charge in [-0.25, -0.2) is 14.5 Å². The van der Waals surface area contributed by atoms with Crippen molar-refractivity contribution in [2.24, 2.45) is 28.6 Å². The fourth-order valence-electron chi connectivity index (χ4n) is 8.87. The number of amides is 6. The lowest BCUT2D eigenvalue weighted by molar-refractivity contribution is -0.665. The smallest absolute Gasteiger partial charge is 0.390 e. The number of fused-ring (bicyclic) bond motifs is 1. The first kappa shape index (κ1) is 63.9. The number of aromatic nitrogens is 3. The zero-order valence-corrected chi connectivity index (χ0v) is 45.2. The van der Waals surface area contributed by atoms with Gasteiger partial charge in [0.05, 0.1) is 88.8 Å². The van der Waals surface area contributed by atoms with Gasteiger partial charge in [0.1, 0.15) is 18.3 Å². The van der Waals surface area contributed by atoms with Crippen molar-refractivity contribution in [2.75, 3.05) is 70.0 Å². The van der Waals surface area contributed by atoms with Crippen molar-refractivity contribution in [3.63, 3.8) is 0 Å². The highest BCUT2D eigenvalue weighted by atomic mass is 32.2. The van der Waals surface area contributed by atoms with Crippen molar-refractivity contribution < 1.29 is 83.5 Å². The number of nitrogens with two attached hydrogens (primary N) is 2. The lowest BCUT2D eigenvalue weighted by atomic mass is 9.89. The topological polar surface area (TPSA) is 339 Å². The molecule has 0 radical (unpaired) electrons. The van der Waals surface area contributed by atoms with Gasteiger partial charge in [-0.15, -0.1) is 0 Å². The van der Waals surface area contributed by atoms with Crippen molar-refractivity contribution in [1.29, 1.82) is 0 Å². The lowest BCUT2D eigenvalue weighted by Gasteiger charge is -2.24. The van der Waals surface area contributed by atoms with Crippen LogP contribution in [0.1, 0.15) is 57.1 Å². The summed E-state index contributed by atoms with van der Waals surface area (Å²) in [6.45, 7) is 4.55. The van der Waals surface area contributed by atoms with E-state index in [1.807, 2.05) is 0 Å². The maximum Gasteiger partial charge on any atom is 0.416 e. The average molecular weight is 1150 g/mol. The number of benzene rings is 2. The Morgan fingerprint density at radius 3 is 2.21 bits per heavy atom. The first-order valence-corrected chi connectivity index (χ1v) is 26.9. The maximum absolute atomic E-state index is 13.9. The Balaban J connectivity index is 0.0000118. The summed E-state index contributed by atoms with van der Waals surface area (Å²) in [6, 6.07) is 12.1. The minimum absolute atomic E-state index is 0. The molecule has 1 aliphatic heterocycles. The molecule has 6 rings (SSSR count). The molecule has 2 aromatic carbocycles. The first-order chi connectivity index (χ1) is 37.5. The number of ether oxygens (including phenoxy) is 3. The molecule has 1 saturated carbocycles. The van der Waals surface area contributed by atoms with Gasteiger partial charge in [-0.1, -0.05) is 47.7 Å². The number of nitrogens with one attached hydrogen (secondary N) is 4. The number of aliphatic hydroxyl groups excluding tert-OH is 2. The summed E-state index contributed by atoms with van der Waals surface area (Å²) in [5, 5.41) is 42.4. The van der Waals surface area contributed by atoms with Gasteiger partial charge in [0.25, 0.3) is 11.8 Å². The average Bonchev–Trinajstić information content (AvgIpc) is 4.07. The molecule has 28 heteroatoms.